The number of aromatic amines is 1. The quantitative estimate of drug-likeness (QED) is 0.245. The van der Waals surface area contributed by atoms with E-state index in [1.807, 2.05) is 14.1 Å². The molecule has 0 bridgehead atoms. The van der Waals surface area contributed by atoms with Crippen molar-refractivity contribution in [2.75, 3.05) is 51.0 Å². The maximum Gasteiger partial charge on any atom is 0.235 e. The van der Waals surface area contributed by atoms with Crippen molar-refractivity contribution in [3.63, 3.8) is 0 Å². The number of hydrogen-bond donors (Lipinski definition) is 3. The molecule has 11 nitrogen and oxygen atoms in total. The van der Waals surface area contributed by atoms with Crippen molar-refractivity contribution in [1.29, 1.82) is 0 Å². The number of anilines is 2. The second-order valence-corrected chi connectivity index (χ2v) is 10.4. The molecule has 41 heavy (non-hydrogen) atoms. The van der Waals surface area contributed by atoms with Crippen LogP contribution in [0.4, 0.5) is 16.0 Å². The first kappa shape index (κ1) is 28.3. The van der Waals surface area contributed by atoms with E-state index in [1.54, 1.807) is 55.8 Å². The molecule has 0 atom stereocenters. The van der Waals surface area contributed by atoms with Gasteiger partial charge in [-0.15, -0.1) is 0 Å². The molecule has 3 aromatic heterocycles. The largest absolute Gasteiger partial charge is 0.354 e. The maximum absolute atomic E-state index is 13.7. The van der Waals surface area contributed by atoms with Gasteiger partial charge < -0.3 is 30.0 Å². The number of H-pyrrole nitrogens is 1. The van der Waals surface area contributed by atoms with Gasteiger partial charge in [-0.05, 0) is 76.4 Å². The third-order valence-electron chi connectivity index (χ3n) is 6.61. The fourth-order valence-electron chi connectivity index (χ4n) is 4.30. The van der Waals surface area contributed by atoms with Crippen molar-refractivity contribution in [2.45, 2.75) is 19.6 Å². The first-order chi connectivity index (χ1) is 19.8. The minimum atomic E-state index is -0.915. The topological polar surface area (TPSA) is 130 Å². The fraction of sp³-hybridized carbons (Fsp3) is 0.345. The second-order valence-electron chi connectivity index (χ2n) is 10.4. The summed E-state index contributed by atoms with van der Waals surface area (Å²) in [5.41, 5.74) is 2.15. The zero-order valence-electron chi connectivity index (χ0n) is 23.2. The number of rotatable bonds is 10. The highest BCUT2D eigenvalue weighted by molar-refractivity contribution is 5.95. The van der Waals surface area contributed by atoms with Crippen LogP contribution >= 0.6 is 0 Å². The Morgan fingerprint density at radius 3 is 2.61 bits per heavy atom. The van der Waals surface area contributed by atoms with Gasteiger partial charge in [0.1, 0.15) is 5.82 Å². The lowest BCUT2D eigenvalue weighted by atomic mass is 9.91. The minimum Gasteiger partial charge on any atom is -0.354 e. The standard InChI is InChI=1S/C29H33FN8O3/c1-29(27(39)34-21-6-4-12-31-16-21)17-40-26(41-18-29)25-36-23(19-7-9-20(30)10-8-19)24(37-25)22-11-14-33-28(35-22)32-13-5-15-38(2)3/h4,6-12,14,16,26H,5,13,15,17-18H2,1-3H3,(H,34,39)(H,36,37)(H,32,33,35). The number of nitrogens with one attached hydrogen (secondary N) is 3. The van der Waals surface area contributed by atoms with Crippen LogP contribution in [-0.4, -0.2) is 76.1 Å². The van der Waals surface area contributed by atoms with E-state index in [2.05, 4.69) is 35.5 Å². The predicted octanol–water partition coefficient (Wildman–Crippen LogP) is 4.12. The van der Waals surface area contributed by atoms with Crippen molar-refractivity contribution in [3.8, 4) is 22.6 Å². The van der Waals surface area contributed by atoms with Gasteiger partial charge in [-0.2, -0.15) is 0 Å². The molecule has 3 N–H and O–H groups in total. The average molecular weight is 561 g/mol. The number of nitrogens with zero attached hydrogens (tertiary/aromatic N) is 5. The van der Waals surface area contributed by atoms with Crippen LogP contribution in [0.15, 0.2) is 61.1 Å². The highest BCUT2D eigenvalue weighted by Crippen LogP contribution is 2.36. The minimum absolute atomic E-state index is 0.111. The summed E-state index contributed by atoms with van der Waals surface area (Å²) in [5, 5.41) is 6.12. The highest BCUT2D eigenvalue weighted by Gasteiger charge is 2.41. The van der Waals surface area contributed by atoms with Crippen LogP contribution in [0.1, 0.15) is 25.5 Å². The van der Waals surface area contributed by atoms with Crippen molar-refractivity contribution >= 4 is 17.5 Å². The Morgan fingerprint density at radius 2 is 1.90 bits per heavy atom. The van der Waals surface area contributed by atoms with Crippen LogP contribution in [0, 0.1) is 11.2 Å². The van der Waals surface area contributed by atoms with E-state index in [9.17, 15) is 9.18 Å². The number of carbonyl (C=O) groups is 1. The van der Waals surface area contributed by atoms with Gasteiger partial charge in [0.05, 0.1) is 47.6 Å². The number of benzene rings is 1. The Bertz CT molecular complexity index is 1450. The SMILES string of the molecule is CN(C)CCCNc1nccc(-c2[nH]c(C3OCC(C)(C(=O)Nc4cccnc4)CO3)nc2-c2ccc(F)cc2)n1. The van der Waals surface area contributed by atoms with Crippen LogP contribution in [0.5, 0.6) is 0 Å². The molecule has 0 radical (unpaired) electrons. The van der Waals surface area contributed by atoms with Crippen molar-refractivity contribution < 1.29 is 18.7 Å². The van der Waals surface area contributed by atoms with Crippen LogP contribution in [-0.2, 0) is 14.3 Å². The molecule has 214 valence electrons. The van der Waals surface area contributed by atoms with Gasteiger partial charge in [0, 0.05) is 24.5 Å². The molecule has 0 spiro atoms. The van der Waals surface area contributed by atoms with Gasteiger partial charge in [0.25, 0.3) is 0 Å². The van der Waals surface area contributed by atoms with Crippen molar-refractivity contribution in [2.24, 2.45) is 5.41 Å². The number of pyridine rings is 1. The molecule has 0 unspecified atom stereocenters. The van der Waals surface area contributed by atoms with Gasteiger partial charge in [0.15, 0.2) is 5.82 Å². The third-order valence-corrected chi connectivity index (χ3v) is 6.61. The first-order valence-electron chi connectivity index (χ1n) is 13.3. The fourth-order valence-corrected chi connectivity index (χ4v) is 4.30. The van der Waals surface area contributed by atoms with E-state index in [4.69, 9.17) is 14.5 Å². The first-order valence-corrected chi connectivity index (χ1v) is 13.3. The molecular formula is C29H33FN8O3. The number of aromatic nitrogens is 5. The summed E-state index contributed by atoms with van der Waals surface area (Å²) in [6, 6.07) is 11.4. The normalized spacial score (nSPS) is 18.8. The summed E-state index contributed by atoms with van der Waals surface area (Å²) in [5.74, 6) is 0.318. The van der Waals surface area contributed by atoms with Crippen LogP contribution in [0.3, 0.4) is 0 Å². The molecule has 4 heterocycles. The van der Waals surface area contributed by atoms with Gasteiger partial charge in [-0.1, -0.05) is 0 Å². The number of imidazole rings is 1. The molecule has 12 heteroatoms. The zero-order chi connectivity index (χ0) is 28.8. The third kappa shape index (κ3) is 6.91. The van der Waals surface area contributed by atoms with Crippen molar-refractivity contribution in [1.82, 2.24) is 29.8 Å². The molecular weight excluding hydrogens is 527 g/mol. The van der Waals surface area contributed by atoms with E-state index < -0.39 is 11.7 Å². The Labute approximate surface area is 237 Å². The number of carbonyl (C=O) groups excluding carboxylic acids is 1. The molecule has 0 aliphatic carbocycles. The van der Waals surface area contributed by atoms with Gasteiger partial charge in [0.2, 0.25) is 18.1 Å². The molecule has 5 rings (SSSR count). The molecule has 0 saturated carbocycles. The Hall–Kier alpha value is -4.26. The molecule has 1 aliphatic heterocycles. The highest BCUT2D eigenvalue weighted by atomic mass is 19.1. The summed E-state index contributed by atoms with van der Waals surface area (Å²) in [7, 11) is 4.06. The van der Waals surface area contributed by atoms with E-state index in [-0.39, 0.29) is 24.9 Å². The van der Waals surface area contributed by atoms with E-state index in [0.717, 1.165) is 19.5 Å². The monoisotopic (exact) mass is 560 g/mol. The second kappa shape index (κ2) is 12.5. The van der Waals surface area contributed by atoms with E-state index >= 15 is 0 Å². The summed E-state index contributed by atoms with van der Waals surface area (Å²) < 4.78 is 25.7. The number of halogens is 1. The summed E-state index contributed by atoms with van der Waals surface area (Å²) >= 11 is 0. The van der Waals surface area contributed by atoms with E-state index in [0.29, 0.717) is 40.1 Å². The lowest BCUT2D eigenvalue weighted by Gasteiger charge is -2.35. The Morgan fingerprint density at radius 1 is 1.12 bits per heavy atom. The Balaban J connectivity index is 1.36. The predicted molar refractivity (Wildman–Crippen MR) is 152 cm³/mol. The van der Waals surface area contributed by atoms with Crippen molar-refractivity contribution in [3.05, 3.63) is 72.7 Å². The summed E-state index contributed by atoms with van der Waals surface area (Å²) in [6.07, 6.45) is 4.98. The molecule has 1 fully saturated rings. The lowest BCUT2D eigenvalue weighted by molar-refractivity contribution is -0.229. The number of amides is 1. The zero-order valence-corrected chi connectivity index (χ0v) is 23.2. The smallest absolute Gasteiger partial charge is 0.235 e. The molecule has 4 aromatic rings. The van der Waals surface area contributed by atoms with Gasteiger partial charge in [-0.3, -0.25) is 9.78 Å². The van der Waals surface area contributed by atoms with Gasteiger partial charge >= 0.3 is 0 Å². The maximum atomic E-state index is 13.7. The van der Waals surface area contributed by atoms with Gasteiger partial charge in [-0.25, -0.2) is 19.3 Å². The molecule has 1 aliphatic rings. The number of ether oxygens (including phenoxy) is 2. The summed E-state index contributed by atoms with van der Waals surface area (Å²) in [4.78, 5) is 36.2. The molecule has 1 amide bonds. The lowest BCUT2D eigenvalue weighted by Crippen LogP contribution is -2.45. The van der Waals surface area contributed by atoms with E-state index in [1.165, 1.54) is 12.1 Å². The average Bonchev–Trinajstić information content (AvgIpc) is 3.42. The molecule has 1 saturated heterocycles. The van der Waals surface area contributed by atoms with Crippen LogP contribution in [0.25, 0.3) is 22.6 Å². The number of hydrogen-bond acceptors (Lipinski definition) is 9. The molecule has 1 aromatic carbocycles. The summed E-state index contributed by atoms with van der Waals surface area (Å²) in [6.45, 7) is 3.66. The van der Waals surface area contributed by atoms with Crippen LogP contribution < -0.4 is 10.6 Å². The Kier molecular flexibility index (Phi) is 8.62. The van der Waals surface area contributed by atoms with Crippen LogP contribution in [0.2, 0.25) is 0 Å².